The van der Waals surface area contributed by atoms with Crippen LogP contribution in [0.3, 0.4) is 0 Å². The van der Waals surface area contributed by atoms with E-state index >= 15 is 0 Å². The molecule has 0 amide bonds. The van der Waals surface area contributed by atoms with Gasteiger partial charge in [-0.3, -0.25) is 0 Å². The van der Waals surface area contributed by atoms with Crippen molar-refractivity contribution in [3.05, 3.63) is 145 Å². The maximum absolute atomic E-state index is 4.99. The molecule has 0 saturated heterocycles. The van der Waals surface area contributed by atoms with E-state index in [1.807, 2.05) is 18.2 Å². The van der Waals surface area contributed by atoms with Crippen molar-refractivity contribution in [2.45, 2.75) is 12.8 Å². The minimum absolute atomic E-state index is 0.688. The first-order valence-electron chi connectivity index (χ1n) is 14.4. The second-order valence-corrected chi connectivity index (χ2v) is 10.8. The van der Waals surface area contributed by atoms with Crippen LogP contribution < -0.4 is 0 Å². The Balaban J connectivity index is 1.28. The Morgan fingerprint density at radius 3 is 1.64 bits per heavy atom. The predicted molar refractivity (Wildman–Crippen MR) is 175 cm³/mol. The molecule has 6 aromatic carbocycles. The fraction of sp³-hybridized carbons (Fsp3) is 0.0513. The first kappa shape index (κ1) is 24.4. The van der Waals surface area contributed by atoms with E-state index in [0.29, 0.717) is 11.6 Å². The summed E-state index contributed by atoms with van der Waals surface area (Å²) < 4.78 is 0. The molecule has 0 aliphatic heterocycles. The number of allylic oxidation sites excluding steroid dienone is 4. The molecule has 42 heavy (non-hydrogen) atoms. The Bertz CT molecular complexity index is 2160. The average Bonchev–Trinajstić information content (AvgIpc) is 3.09. The second kappa shape index (κ2) is 10.2. The van der Waals surface area contributed by atoms with Crippen molar-refractivity contribution in [2.75, 3.05) is 0 Å². The summed E-state index contributed by atoms with van der Waals surface area (Å²) in [6.45, 7) is 0. The van der Waals surface area contributed by atoms with Crippen LogP contribution in [0.2, 0.25) is 0 Å². The third-order valence-corrected chi connectivity index (χ3v) is 8.17. The van der Waals surface area contributed by atoms with Crippen LogP contribution >= 0.6 is 0 Å². The molecule has 7 aromatic rings. The van der Waals surface area contributed by atoms with Crippen molar-refractivity contribution in [1.82, 2.24) is 15.0 Å². The molecule has 0 radical (unpaired) electrons. The molecule has 1 aliphatic rings. The van der Waals surface area contributed by atoms with Gasteiger partial charge in [0.15, 0.2) is 17.5 Å². The highest BCUT2D eigenvalue weighted by molar-refractivity contribution is 6.25. The van der Waals surface area contributed by atoms with E-state index in [0.717, 1.165) is 40.9 Å². The molecule has 0 bridgehead atoms. The summed E-state index contributed by atoms with van der Waals surface area (Å²) in [5.74, 6) is 2.13. The van der Waals surface area contributed by atoms with Crippen LogP contribution in [-0.4, -0.2) is 15.0 Å². The summed E-state index contributed by atoms with van der Waals surface area (Å²) in [7, 11) is 0. The average molecular weight is 538 g/mol. The third kappa shape index (κ3) is 4.27. The van der Waals surface area contributed by atoms with E-state index in [4.69, 9.17) is 15.0 Å². The van der Waals surface area contributed by atoms with E-state index < -0.39 is 0 Å². The first-order chi connectivity index (χ1) is 20.8. The molecule has 1 aromatic heterocycles. The lowest BCUT2D eigenvalue weighted by Crippen LogP contribution is -2.03. The number of benzene rings is 6. The molecule has 1 aliphatic carbocycles. The van der Waals surface area contributed by atoms with Crippen LogP contribution in [0, 0.1) is 0 Å². The standard InChI is InChI=1S/C39H27N3/c1-3-12-26(13-4-1)37-40-38(27-14-5-2-6-15-27)42-39(41-37)30-17-11-16-28(24-30)29-22-23-35-33-20-8-7-18-31(33)32-19-9-10-21-34(32)36(35)25-29/h1-5,7-14,16-25H,6,15H2. The summed E-state index contributed by atoms with van der Waals surface area (Å²) >= 11 is 0. The van der Waals surface area contributed by atoms with Crippen LogP contribution in [0.15, 0.2) is 140 Å². The number of rotatable bonds is 4. The van der Waals surface area contributed by atoms with Crippen molar-refractivity contribution in [3.8, 4) is 33.9 Å². The number of aromatic nitrogens is 3. The number of fused-ring (bicyclic) bond motifs is 6. The van der Waals surface area contributed by atoms with Crippen LogP contribution in [0.5, 0.6) is 0 Å². The van der Waals surface area contributed by atoms with Gasteiger partial charge in [0.25, 0.3) is 0 Å². The third-order valence-electron chi connectivity index (χ3n) is 8.17. The zero-order chi connectivity index (χ0) is 27.9. The minimum atomic E-state index is 0.688. The molecule has 3 nitrogen and oxygen atoms in total. The maximum Gasteiger partial charge on any atom is 0.164 e. The normalized spacial score (nSPS) is 13.1. The van der Waals surface area contributed by atoms with E-state index in [2.05, 4.69) is 121 Å². The molecule has 0 spiro atoms. The quantitative estimate of drug-likeness (QED) is 0.210. The fourth-order valence-electron chi connectivity index (χ4n) is 6.08. The molecule has 8 rings (SSSR count). The van der Waals surface area contributed by atoms with Crippen molar-refractivity contribution < 1.29 is 0 Å². The first-order valence-corrected chi connectivity index (χ1v) is 14.4. The van der Waals surface area contributed by atoms with Crippen molar-refractivity contribution in [3.63, 3.8) is 0 Å². The van der Waals surface area contributed by atoms with Gasteiger partial charge in [-0.15, -0.1) is 0 Å². The summed E-state index contributed by atoms with van der Waals surface area (Å²) in [4.78, 5) is 14.8. The number of hydrogen-bond donors (Lipinski definition) is 0. The molecular weight excluding hydrogens is 510 g/mol. The van der Waals surface area contributed by atoms with Crippen molar-refractivity contribution in [1.29, 1.82) is 0 Å². The lowest BCUT2D eigenvalue weighted by Gasteiger charge is -2.13. The highest BCUT2D eigenvalue weighted by Crippen LogP contribution is 2.37. The Morgan fingerprint density at radius 1 is 0.405 bits per heavy atom. The molecule has 1 heterocycles. The van der Waals surface area contributed by atoms with Gasteiger partial charge in [-0.2, -0.15) is 0 Å². The zero-order valence-electron chi connectivity index (χ0n) is 23.0. The Morgan fingerprint density at radius 2 is 0.952 bits per heavy atom. The largest absolute Gasteiger partial charge is 0.209 e. The lowest BCUT2D eigenvalue weighted by molar-refractivity contribution is 0.978. The molecule has 0 saturated carbocycles. The molecule has 0 fully saturated rings. The molecule has 0 atom stereocenters. The number of hydrogen-bond acceptors (Lipinski definition) is 3. The molecular formula is C39H27N3. The van der Waals surface area contributed by atoms with Gasteiger partial charge in [0.05, 0.1) is 0 Å². The summed E-state index contributed by atoms with van der Waals surface area (Å²) in [5.41, 5.74) is 5.41. The van der Waals surface area contributed by atoms with Gasteiger partial charge >= 0.3 is 0 Å². The van der Waals surface area contributed by atoms with Crippen LogP contribution in [0.1, 0.15) is 18.7 Å². The van der Waals surface area contributed by atoms with Gasteiger partial charge in [-0.25, -0.2) is 15.0 Å². The van der Waals surface area contributed by atoms with Gasteiger partial charge in [0.2, 0.25) is 0 Å². The zero-order valence-corrected chi connectivity index (χ0v) is 23.0. The summed E-state index contributed by atoms with van der Waals surface area (Å²) in [6.07, 6.45) is 8.32. The Kier molecular flexibility index (Phi) is 5.93. The highest BCUT2D eigenvalue weighted by atomic mass is 15.0. The SMILES string of the molecule is C1=CCCC(c2nc(-c3ccccc3)nc(-c3cccc(-c4ccc5c6ccccc6c6ccccc6c5c4)c3)n2)=C1. The monoisotopic (exact) mass is 537 g/mol. The molecule has 0 unspecified atom stereocenters. The smallest absolute Gasteiger partial charge is 0.164 e. The second-order valence-electron chi connectivity index (χ2n) is 10.8. The van der Waals surface area contributed by atoms with Crippen LogP contribution in [0.4, 0.5) is 0 Å². The van der Waals surface area contributed by atoms with E-state index in [1.165, 1.54) is 37.9 Å². The van der Waals surface area contributed by atoms with Crippen LogP contribution in [0.25, 0.3) is 71.8 Å². The van der Waals surface area contributed by atoms with E-state index in [1.54, 1.807) is 0 Å². The van der Waals surface area contributed by atoms with Crippen molar-refractivity contribution in [2.24, 2.45) is 0 Å². The van der Waals surface area contributed by atoms with Crippen molar-refractivity contribution >= 4 is 37.9 Å². The Labute approximate surface area is 244 Å². The van der Waals surface area contributed by atoms with Gasteiger partial charge in [0, 0.05) is 11.1 Å². The molecule has 0 N–H and O–H groups in total. The topological polar surface area (TPSA) is 38.7 Å². The van der Waals surface area contributed by atoms with E-state index in [9.17, 15) is 0 Å². The van der Waals surface area contributed by atoms with E-state index in [-0.39, 0.29) is 0 Å². The van der Waals surface area contributed by atoms with Gasteiger partial charge in [0.1, 0.15) is 0 Å². The lowest BCUT2D eigenvalue weighted by atomic mass is 9.92. The Hall–Kier alpha value is -5.41. The van der Waals surface area contributed by atoms with Gasteiger partial charge < -0.3 is 0 Å². The highest BCUT2D eigenvalue weighted by Gasteiger charge is 2.15. The minimum Gasteiger partial charge on any atom is -0.209 e. The fourth-order valence-corrected chi connectivity index (χ4v) is 6.08. The summed E-state index contributed by atoms with van der Waals surface area (Å²) in [6, 6.07) is 43.0. The van der Waals surface area contributed by atoms with Gasteiger partial charge in [-0.1, -0.05) is 127 Å². The van der Waals surface area contributed by atoms with Gasteiger partial charge in [-0.05, 0) is 74.0 Å². The summed E-state index contributed by atoms with van der Waals surface area (Å²) in [5, 5.41) is 7.66. The maximum atomic E-state index is 4.99. The predicted octanol–water partition coefficient (Wildman–Crippen LogP) is 10.1. The number of nitrogens with zero attached hydrogens (tertiary/aromatic N) is 3. The molecule has 198 valence electrons. The van der Waals surface area contributed by atoms with Crippen LogP contribution in [-0.2, 0) is 0 Å². The molecule has 3 heteroatoms.